The van der Waals surface area contributed by atoms with E-state index in [0.717, 1.165) is 27.8 Å². The predicted octanol–water partition coefficient (Wildman–Crippen LogP) is 4.71. The first-order valence-corrected chi connectivity index (χ1v) is 13.8. The average Bonchev–Trinajstić information content (AvgIpc) is 2.73. The van der Waals surface area contributed by atoms with Gasteiger partial charge in [-0.2, -0.15) is 0 Å². The van der Waals surface area contributed by atoms with Gasteiger partial charge in [-0.3, -0.25) is 9.36 Å². The highest BCUT2D eigenvalue weighted by atomic mass is 31.2. The molecule has 3 N–H and O–H groups in total. The third-order valence-electron chi connectivity index (χ3n) is 5.96. The van der Waals surface area contributed by atoms with Crippen molar-refractivity contribution in [2.45, 2.75) is 59.7 Å². The number of hydrogen-bond acceptors (Lipinski definition) is 5. The number of benzene rings is 2. The van der Waals surface area contributed by atoms with Crippen molar-refractivity contribution in [3.8, 4) is 5.75 Å². The van der Waals surface area contributed by atoms with Gasteiger partial charge >= 0.3 is 5.97 Å². The number of ether oxygens (including phenoxy) is 1. The number of amides is 1. The van der Waals surface area contributed by atoms with Crippen molar-refractivity contribution in [2.75, 3.05) is 13.3 Å². The highest BCUT2D eigenvalue weighted by Gasteiger charge is 2.28. The van der Waals surface area contributed by atoms with Gasteiger partial charge in [-0.05, 0) is 73.1 Å². The summed E-state index contributed by atoms with van der Waals surface area (Å²) in [5.41, 5.74) is 4.75. The predicted molar refractivity (Wildman–Crippen MR) is 134 cm³/mol. The monoisotopic (exact) mass is 489 g/mol. The van der Waals surface area contributed by atoms with Crippen LogP contribution in [0, 0.1) is 19.8 Å². The summed E-state index contributed by atoms with van der Waals surface area (Å²) in [5.74, 6) is -1.33. The van der Waals surface area contributed by atoms with Gasteiger partial charge in [0.2, 0.25) is 7.37 Å². The minimum absolute atomic E-state index is 0.0919. The van der Waals surface area contributed by atoms with Crippen molar-refractivity contribution in [3.63, 3.8) is 0 Å². The number of esters is 1. The van der Waals surface area contributed by atoms with E-state index < -0.39 is 25.3 Å². The van der Waals surface area contributed by atoms with Gasteiger partial charge in [-0.15, -0.1) is 0 Å². The quantitative estimate of drug-likeness (QED) is 0.329. The third kappa shape index (κ3) is 7.44. The van der Waals surface area contributed by atoms with Crippen molar-refractivity contribution in [1.82, 2.24) is 5.32 Å². The lowest BCUT2D eigenvalue weighted by atomic mass is 9.93. The van der Waals surface area contributed by atoms with E-state index in [2.05, 4.69) is 5.32 Å². The molecule has 0 fully saturated rings. The Hall–Kier alpha value is -2.63. The van der Waals surface area contributed by atoms with Crippen LogP contribution in [-0.2, 0) is 26.7 Å². The molecule has 186 valence electrons. The second-order valence-corrected chi connectivity index (χ2v) is 11.5. The van der Waals surface area contributed by atoms with Crippen LogP contribution < -0.4 is 5.32 Å². The molecule has 0 aliphatic heterocycles. The molecule has 0 saturated carbocycles. The number of aryl methyl sites for hydroxylation is 2. The van der Waals surface area contributed by atoms with E-state index in [4.69, 9.17) is 4.74 Å². The maximum Gasteiger partial charge on any atom is 0.328 e. The number of phenols is 1. The van der Waals surface area contributed by atoms with E-state index in [-0.39, 0.29) is 30.0 Å². The Bertz CT molecular complexity index is 1070. The van der Waals surface area contributed by atoms with E-state index in [1.54, 1.807) is 19.1 Å². The summed E-state index contributed by atoms with van der Waals surface area (Å²) in [6, 6.07) is 7.88. The number of aromatic hydroxyl groups is 1. The minimum Gasteiger partial charge on any atom is -0.507 e. The molecule has 2 unspecified atom stereocenters. The van der Waals surface area contributed by atoms with Crippen molar-refractivity contribution >= 4 is 19.2 Å². The van der Waals surface area contributed by atoms with Crippen LogP contribution in [0.4, 0.5) is 0 Å². The number of nitrogens with one attached hydrogen (secondary N) is 1. The lowest BCUT2D eigenvalue weighted by molar-refractivity contribution is -0.146. The van der Waals surface area contributed by atoms with Gasteiger partial charge in [0.25, 0.3) is 5.91 Å². The van der Waals surface area contributed by atoms with E-state index in [0.29, 0.717) is 12.8 Å². The van der Waals surface area contributed by atoms with Crippen LogP contribution in [0.25, 0.3) is 0 Å². The highest BCUT2D eigenvalue weighted by Crippen LogP contribution is 2.40. The zero-order chi connectivity index (χ0) is 25.6. The molecule has 0 saturated heterocycles. The number of carbonyl (C=O) groups excluding carboxylic acids is 2. The Morgan fingerprint density at radius 1 is 1.09 bits per heavy atom. The third-order valence-corrected chi connectivity index (χ3v) is 6.91. The summed E-state index contributed by atoms with van der Waals surface area (Å²) in [5, 5.41) is 13.1. The van der Waals surface area contributed by atoms with Gasteiger partial charge in [0, 0.05) is 12.8 Å². The summed E-state index contributed by atoms with van der Waals surface area (Å²) >= 11 is 0. The summed E-state index contributed by atoms with van der Waals surface area (Å²) in [6.45, 7) is 11.0. The van der Waals surface area contributed by atoms with Crippen LogP contribution >= 0.6 is 7.37 Å². The highest BCUT2D eigenvalue weighted by molar-refractivity contribution is 7.56. The van der Waals surface area contributed by atoms with Crippen LogP contribution in [0.2, 0.25) is 0 Å². The molecule has 0 radical (unpaired) electrons. The average molecular weight is 490 g/mol. The number of phenolic OH excluding ortho intramolecular Hbond substituents is 1. The van der Waals surface area contributed by atoms with E-state index in [1.165, 1.54) is 12.7 Å². The molecule has 3 atom stereocenters. The Balaban J connectivity index is 2.30. The molecule has 0 aromatic heterocycles. The minimum atomic E-state index is -3.17. The zero-order valence-electron chi connectivity index (χ0n) is 20.8. The molecule has 0 aliphatic rings. The van der Waals surface area contributed by atoms with Gasteiger partial charge in [0.15, 0.2) is 0 Å². The normalized spacial score (nSPS) is 14.7. The Labute approximate surface area is 202 Å². The van der Waals surface area contributed by atoms with Gasteiger partial charge in [0.1, 0.15) is 11.8 Å². The van der Waals surface area contributed by atoms with Crippen molar-refractivity contribution in [2.24, 2.45) is 5.92 Å². The number of hydrogen-bond donors (Lipinski definition) is 3. The molecule has 1 amide bonds. The van der Waals surface area contributed by atoms with Crippen molar-refractivity contribution < 1.29 is 28.9 Å². The maximum absolute atomic E-state index is 13.0. The molecule has 0 bridgehead atoms. The lowest BCUT2D eigenvalue weighted by Gasteiger charge is -2.22. The van der Waals surface area contributed by atoms with Crippen molar-refractivity contribution in [3.05, 3.63) is 63.7 Å². The number of carbonyl (C=O) groups is 2. The maximum atomic E-state index is 13.0. The molecule has 2 rings (SSSR count). The SMILES string of the molecule is CCOC(=O)[C@@H](NC(=O)c1cc(Cc2c(C)cc(CP(C)(=O)O)cc2C)ccc1O)C(C)CC. The van der Waals surface area contributed by atoms with Gasteiger partial charge in [-0.1, -0.05) is 38.5 Å². The topological polar surface area (TPSA) is 113 Å². The second kappa shape index (κ2) is 11.7. The van der Waals surface area contributed by atoms with E-state index in [1.807, 2.05) is 39.8 Å². The van der Waals surface area contributed by atoms with Crippen LogP contribution in [-0.4, -0.2) is 41.2 Å². The molecule has 2 aromatic rings. The second-order valence-electron chi connectivity index (χ2n) is 9.03. The van der Waals surface area contributed by atoms with Crippen LogP contribution in [0.3, 0.4) is 0 Å². The molecule has 7 nitrogen and oxygen atoms in total. The van der Waals surface area contributed by atoms with Crippen LogP contribution in [0.1, 0.15) is 65.4 Å². The fourth-order valence-electron chi connectivity index (χ4n) is 3.99. The van der Waals surface area contributed by atoms with Crippen LogP contribution in [0.15, 0.2) is 30.3 Å². The molecule has 0 aliphatic carbocycles. The fourth-order valence-corrected chi connectivity index (χ4v) is 4.85. The standard InChI is InChI=1S/C26H36NO6P/c1-7-16(3)24(26(30)33-8-2)27-25(29)22-14-19(9-10-23(22)28)13-21-17(4)11-20(12-18(21)5)15-34(6,31)32/h9-12,14,16,24,28H,7-8,13,15H2,1-6H3,(H,27,29)(H,31,32)/t16?,24-/m0/s1. The first-order valence-electron chi connectivity index (χ1n) is 11.5. The summed E-state index contributed by atoms with van der Waals surface area (Å²) in [4.78, 5) is 35.1. The van der Waals surface area contributed by atoms with Gasteiger partial charge < -0.3 is 20.1 Å². The summed E-state index contributed by atoms with van der Waals surface area (Å²) < 4.78 is 16.9. The molecule has 0 spiro atoms. The molecule has 8 heteroatoms. The molecular formula is C26H36NO6P. The molecular weight excluding hydrogens is 453 g/mol. The first-order chi connectivity index (χ1) is 15.9. The van der Waals surface area contributed by atoms with E-state index >= 15 is 0 Å². The largest absolute Gasteiger partial charge is 0.507 e. The van der Waals surface area contributed by atoms with Crippen LogP contribution in [0.5, 0.6) is 5.75 Å². The van der Waals surface area contributed by atoms with E-state index in [9.17, 15) is 24.2 Å². The van der Waals surface area contributed by atoms with Gasteiger partial charge in [-0.25, -0.2) is 4.79 Å². The molecule has 2 aromatic carbocycles. The Kier molecular flexibility index (Phi) is 9.48. The van der Waals surface area contributed by atoms with Crippen molar-refractivity contribution in [1.29, 1.82) is 0 Å². The Morgan fingerprint density at radius 3 is 2.24 bits per heavy atom. The Morgan fingerprint density at radius 2 is 1.71 bits per heavy atom. The molecule has 34 heavy (non-hydrogen) atoms. The molecule has 0 heterocycles. The number of rotatable bonds is 10. The first kappa shape index (κ1) is 27.6. The zero-order valence-corrected chi connectivity index (χ0v) is 21.7. The fraction of sp³-hybridized carbons (Fsp3) is 0.462. The smallest absolute Gasteiger partial charge is 0.328 e. The van der Waals surface area contributed by atoms with Gasteiger partial charge in [0.05, 0.1) is 12.2 Å². The summed E-state index contributed by atoms with van der Waals surface area (Å²) in [6.07, 6.45) is 1.32. The lowest BCUT2D eigenvalue weighted by Crippen LogP contribution is -2.46. The summed E-state index contributed by atoms with van der Waals surface area (Å²) in [7, 11) is -3.17.